The van der Waals surface area contributed by atoms with Crippen molar-refractivity contribution in [2.45, 2.75) is 33.2 Å². The van der Waals surface area contributed by atoms with E-state index in [-0.39, 0.29) is 11.9 Å². The lowest BCUT2D eigenvalue weighted by molar-refractivity contribution is -0.127. The molecule has 0 radical (unpaired) electrons. The molecule has 28 heavy (non-hydrogen) atoms. The summed E-state index contributed by atoms with van der Waals surface area (Å²) in [6.07, 6.45) is 0.930. The number of nitrogens with zero attached hydrogens (tertiary/aromatic N) is 1. The quantitative estimate of drug-likeness (QED) is 0.643. The molecular formula is C24H26N2O2. The Hall–Kier alpha value is -3.01. The standard InChI is InChI=1S/C24H26N2O2/c1-5-13-26-23(15(2)16(3)24(26)27)21-19-11-6-7-12-20(19)25-22(21)17-9-8-10-18(14-17)28-4/h6-12,14,23,25H,5,13H2,1-4H3/t23-/m0/s1. The van der Waals surface area contributed by atoms with Gasteiger partial charge in [0, 0.05) is 34.1 Å². The molecule has 4 heteroatoms. The fraction of sp³-hybridized carbons (Fsp3) is 0.292. The van der Waals surface area contributed by atoms with Crippen molar-refractivity contribution in [2.75, 3.05) is 13.7 Å². The highest BCUT2D eigenvalue weighted by atomic mass is 16.5. The highest BCUT2D eigenvalue weighted by molar-refractivity contribution is 6.00. The number of carbonyl (C=O) groups is 1. The summed E-state index contributed by atoms with van der Waals surface area (Å²) in [4.78, 5) is 18.6. The van der Waals surface area contributed by atoms with Crippen molar-refractivity contribution in [2.24, 2.45) is 0 Å². The number of aromatic amines is 1. The fourth-order valence-corrected chi connectivity index (χ4v) is 4.24. The van der Waals surface area contributed by atoms with Crippen LogP contribution >= 0.6 is 0 Å². The zero-order valence-electron chi connectivity index (χ0n) is 16.9. The number of para-hydroxylation sites is 1. The van der Waals surface area contributed by atoms with Gasteiger partial charge in [0.1, 0.15) is 5.75 Å². The van der Waals surface area contributed by atoms with E-state index in [4.69, 9.17) is 4.74 Å². The first kappa shape index (κ1) is 18.4. The molecule has 1 amide bonds. The molecule has 3 aromatic rings. The first-order valence-corrected chi connectivity index (χ1v) is 9.80. The zero-order chi connectivity index (χ0) is 19.8. The average Bonchev–Trinajstić information content (AvgIpc) is 3.20. The summed E-state index contributed by atoms with van der Waals surface area (Å²) in [5, 5.41) is 1.16. The van der Waals surface area contributed by atoms with E-state index in [0.717, 1.165) is 52.0 Å². The topological polar surface area (TPSA) is 45.3 Å². The van der Waals surface area contributed by atoms with E-state index in [2.05, 4.69) is 43.1 Å². The van der Waals surface area contributed by atoms with Crippen LogP contribution in [-0.2, 0) is 4.79 Å². The Morgan fingerprint density at radius 2 is 1.89 bits per heavy atom. The molecule has 4 nitrogen and oxygen atoms in total. The van der Waals surface area contributed by atoms with Crippen molar-refractivity contribution < 1.29 is 9.53 Å². The largest absolute Gasteiger partial charge is 0.497 e. The Bertz CT molecular complexity index is 1080. The monoisotopic (exact) mass is 374 g/mol. The molecule has 4 rings (SSSR count). The summed E-state index contributed by atoms with van der Waals surface area (Å²) in [6.45, 7) is 6.89. The van der Waals surface area contributed by atoms with Crippen LogP contribution in [0.3, 0.4) is 0 Å². The van der Waals surface area contributed by atoms with E-state index in [1.165, 1.54) is 5.56 Å². The summed E-state index contributed by atoms with van der Waals surface area (Å²) in [7, 11) is 1.68. The normalized spacial score (nSPS) is 17.1. The van der Waals surface area contributed by atoms with Gasteiger partial charge >= 0.3 is 0 Å². The molecule has 1 N–H and O–H groups in total. The number of carbonyl (C=O) groups excluding carboxylic acids is 1. The van der Waals surface area contributed by atoms with Crippen LogP contribution in [0.2, 0.25) is 0 Å². The van der Waals surface area contributed by atoms with Gasteiger partial charge in [0.2, 0.25) is 5.91 Å². The molecule has 0 saturated carbocycles. The van der Waals surface area contributed by atoms with Crippen molar-refractivity contribution >= 4 is 16.8 Å². The van der Waals surface area contributed by atoms with E-state index >= 15 is 0 Å². The number of hydrogen-bond acceptors (Lipinski definition) is 2. The number of methoxy groups -OCH3 is 1. The maximum absolute atomic E-state index is 12.9. The lowest BCUT2D eigenvalue weighted by Crippen LogP contribution is -2.31. The lowest BCUT2D eigenvalue weighted by Gasteiger charge is -2.27. The number of ether oxygens (including phenoxy) is 1. The van der Waals surface area contributed by atoms with Gasteiger partial charge in [0.05, 0.1) is 18.8 Å². The molecule has 0 saturated heterocycles. The van der Waals surface area contributed by atoms with Crippen molar-refractivity contribution in [3.63, 3.8) is 0 Å². The molecule has 0 bridgehead atoms. The van der Waals surface area contributed by atoms with Gasteiger partial charge in [-0.1, -0.05) is 37.3 Å². The number of H-pyrrole nitrogens is 1. The number of benzene rings is 2. The van der Waals surface area contributed by atoms with Gasteiger partial charge in [-0.25, -0.2) is 0 Å². The fourth-order valence-electron chi connectivity index (χ4n) is 4.24. The molecule has 2 heterocycles. The maximum atomic E-state index is 12.9. The number of hydrogen-bond donors (Lipinski definition) is 1. The Labute approximate surface area is 165 Å². The molecule has 1 aliphatic heterocycles. The van der Waals surface area contributed by atoms with Crippen molar-refractivity contribution in [1.82, 2.24) is 9.88 Å². The molecule has 0 aliphatic carbocycles. The Kier molecular flexibility index (Phi) is 4.71. The first-order chi connectivity index (χ1) is 13.6. The van der Waals surface area contributed by atoms with Crippen LogP contribution < -0.4 is 4.74 Å². The Balaban J connectivity index is 1.99. The van der Waals surface area contributed by atoms with Gasteiger partial charge in [-0.3, -0.25) is 4.79 Å². The van der Waals surface area contributed by atoms with E-state index in [1.807, 2.05) is 36.1 Å². The highest BCUT2D eigenvalue weighted by Gasteiger charge is 2.38. The second-order valence-corrected chi connectivity index (χ2v) is 7.40. The summed E-state index contributed by atoms with van der Waals surface area (Å²) >= 11 is 0. The molecule has 1 aliphatic rings. The maximum Gasteiger partial charge on any atom is 0.250 e. The van der Waals surface area contributed by atoms with Gasteiger partial charge in [-0.15, -0.1) is 0 Å². The van der Waals surface area contributed by atoms with E-state index in [1.54, 1.807) is 7.11 Å². The third-order valence-electron chi connectivity index (χ3n) is 5.74. The second-order valence-electron chi connectivity index (χ2n) is 7.40. The van der Waals surface area contributed by atoms with Crippen molar-refractivity contribution in [3.05, 3.63) is 65.2 Å². The van der Waals surface area contributed by atoms with Gasteiger partial charge < -0.3 is 14.6 Å². The predicted molar refractivity (Wildman–Crippen MR) is 113 cm³/mol. The minimum atomic E-state index is -0.0511. The summed E-state index contributed by atoms with van der Waals surface area (Å²) in [5.74, 6) is 0.963. The summed E-state index contributed by atoms with van der Waals surface area (Å²) in [6, 6.07) is 16.4. The van der Waals surface area contributed by atoms with Crippen LogP contribution in [0.25, 0.3) is 22.2 Å². The number of nitrogens with one attached hydrogen (secondary N) is 1. The minimum absolute atomic E-state index is 0.0511. The zero-order valence-corrected chi connectivity index (χ0v) is 16.9. The van der Waals surface area contributed by atoms with Crippen molar-refractivity contribution in [3.8, 4) is 17.0 Å². The van der Waals surface area contributed by atoms with Crippen LogP contribution in [-0.4, -0.2) is 29.4 Å². The molecule has 0 fully saturated rings. The number of rotatable bonds is 5. The summed E-state index contributed by atoms with van der Waals surface area (Å²) in [5.41, 5.74) is 6.35. The molecular weight excluding hydrogens is 348 g/mol. The minimum Gasteiger partial charge on any atom is -0.497 e. The van der Waals surface area contributed by atoms with Crippen LogP contribution in [0.4, 0.5) is 0 Å². The van der Waals surface area contributed by atoms with Gasteiger partial charge in [-0.2, -0.15) is 0 Å². The van der Waals surface area contributed by atoms with E-state index in [9.17, 15) is 4.79 Å². The molecule has 144 valence electrons. The Morgan fingerprint density at radius 3 is 2.64 bits per heavy atom. The third kappa shape index (κ3) is 2.80. The average molecular weight is 374 g/mol. The molecule has 1 atom stereocenters. The summed E-state index contributed by atoms with van der Waals surface area (Å²) < 4.78 is 5.44. The Morgan fingerprint density at radius 1 is 1.11 bits per heavy atom. The van der Waals surface area contributed by atoms with Crippen LogP contribution in [0.15, 0.2) is 59.7 Å². The first-order valence-electron chi connectivity index (χ1n) is 9.80. The molecule has 1 aromatic heterocycles. The highest BCUT2D eigenvalue weighted by Crippen LogP contribution is 2.45. The SMILES string of the molecule is CCCN1C(=O)C(C)=C(C)[C@H]1c1c(-c2cccc(OC)c2)[nH]c2ccccc12. The third-order valence-corrected chi connectivity index (χ3v) is 5.74. The van der Waals surface area contributed by atoms with Gasteiger partial charge in [0.25, 0.3) is 0 Å². The molecule has 0 spiro atoms. The molecule has 0 unspecified atom stereocenters. The van der Waals surface area contributed by atoms with Gasteiger partial charge in [0.15, 0.2) is 0 Å². The lowest BCUT2D eigenvalue weighted by atomic mass is 9.93. The van der Waals surface area contributed by atoms with E-state index in [0.29, 0.717) is 0 Å². The van der Waals surface area contributed by atoms with Gasteiger partial charge in [-0.05, 0) is 44.0 Å². The second kappa shape index (κ2) is 7.19. The number of fused-ring (bicyclic) bond motifs is 1. The van der Waals surface area contributed by atoms with E-state index < -0.39 is 0 Å². The number of amides is 1. The number of aromatic nitrogens is 1. The molecule has 2 aromatic carbocycles. The van der Waals surface area contributed by atoms with Crippen LogP contribution in [0, 0.1) is 0 Å². The van der Waals surface area contributed by atoms with Crippen LogP contribution in [0.5, 0.6) is 5.75 Å². The van der Waals surface area contributed by atoms with Crippen LogP contribution in [0.1, 0.15) is 38.8 Å². The smallest absolute Gasteiger partial charge is 0.250 e. The predicted octanol–water partition coefficient (Wildman–Crippen LogP) is 5.47. The van der Waals surface area contributed by atoms with Crippen molar-refractivity contribution in [1.29, 1.82) is 0 Å².